The molecule has 8 heteroatoms. The second-order valence-corrected chi connectivity index (χ2v) is 5.40. The van der Waals surface area contributed by atoms with Gasteiger partial charge in [0.1, 0.15) is 12.6 Å². The summed E-state index contributed by atoms with van der Waals surface area (Å²) in [5.41, 5.74) is 0.838. The molecule has 0 aliphatic carbocycles. The van der Waals surface area contributed by atoms with Crippen molar-refractivity contribution in [3.8, 4) is 0 Å². The van der Waals surface area contributed by atoms with Gasteiger partial charge in [-0.05, 0) is 5.56 Å². The molecule has 1 saturated heterocycles. The number of amides is 1. The molecule has 0 radical (unpaired) electrons. The van der Waals surface area contributed by atoms with E-state index in [0.29, 0.717) is 6.54 Å². The van der Waals surface area contributed by atoms with Crippen LogP contribution < -0.4 is 0 Å². The largest absolute Gasteiger partial charge is 0.480 e. The number of carboxylic acids is 1. The van der Waals surface area contributed by atoms with Crippen LogP contribution in [-0.2, 0) is 25.7 Å². The van der Waals surface area contributed by atoms with Gasteiger partial charge in [-0.25, -0.2) is 9.59 Å². The van der Waals surface area contributed by atoms with Crippen LogP contribution in [0.4, 0.5) is 4.79 Å². The van der Waals surface area contributed by atoms with Gasteiger partial charge in [-0.1, -0.05) is 30.3 Å². The summed E-state index contributed by atoms with van der Waals surface area (Å²) < 4.78 is 9.98. The van der Waals surface area contributed by atoms with E-state index in [4.69, 9.17) is 14.6 Å². The average molecular weight is 336 g/mol. The average Bonchev–Trinajstić information content (AvgIpc) is 2.59. The van der Waals surface area contributed by atoms with E-state index in [-0.39, 0.29) is 26.2 Å². The molecule has 24 heavy (non-hydrogen) atoms. The Labute approximate surface area is 139 Å². The van der Waals surface area contributed by atoms with E-state index in [1.165, 1.54) is 12.0 Å². The summed E-state index contributed by atoms with van der Waals surface area (Å²) >= 11 is 0. The van der Waals surface area contributed by atoms with Crippen LogP contribution in [0.2, 0.25) is 0 Å². The molecular formula is C16H20N2O6. The Bertz CT molecular complexity index is 591. The highest BCUT2D eigenvalue weighted by Gasteiger charge is 2.37. The van der Waals surface area contributed by atoms with Crippen LogP contribution in [-0.4, -0.2) is 72.3 Å². The number of nitrogens with zero attached hydrogens (tertiary/aromatic N) is 2. The van der Waals surface area contributed by atoms with E-state index in [1.807, 2.05) is 30.3 Å². The number of piperazine rings is 1. The van der Waals surface area contributed by atoms with Crippen molar-refractivity contribution in [3.63, 3.8) is 0 Å². The predicted molar refractivity (Wildman–Crippen MR) is 83.2 cm³/mol. The molecule has 0 bridgehead atoms. The number of hydrogen-bond donors (Lipinski definition) is 1. The molecule has 1 amide bonds. The van der Waals surface area contributed by atoms with Gasteiger partial charge in [0, 0.05) is 19.6 Å². The second kappa shape index (κ2) is 8.30. The molecule has 130 valence electrons. The number of carbonyl (C=O) groups excluding carboxylic acids is 2. The van der Waals surface area contributed by atoms with Crippen LogP contribution in [0, 0.1) is 0 Å². The molecule has 0 aromatic heterocycles. The minimum atomic E-state index is -0.987. The molecule has 2 rings (SSSR count). The van der Waals surface area contributed by atoms with Crippen LogP contribution in [0.1, 0.15) is 5.56 Å². The summed E-state index contributed by atoms with van der Waals surface area (Å²) in [6.07, 6.45) is -0.621. The van der Waals surface area contributed by atoms with Gasteiger partial charge in [0.15, 0.2) is 0 Å². The van der Waals surface area contributed by atoms with Crippen LogP contribution in [0.5, 0.6) is 0 Å². The van der Waals surface area contributed by atoms with Gasteiger partial charge in [-0.2, -0.15) is 0 Å². The third kappa shape index (κ3) is 4.69. The van der Waals surface area contributed by atoms with Gasteiger partial charge in [-0.15, -0.1) is 0 Å². The van der Waals surface area contributed by atoms with Crippen LogP contribution in [0.3, 0.4) is 0 Å². The van der Waals surface area contributed by atoms with Crippen molar-refractivity contribution in [2.75, 3.05) is 33.3 Å². The fourth-order valence-corrected chi connectivity index (χ4v) is 2.53. The molecule has 1 aromatic carbocycles. The Kier molecular flexibility index (Phi) is 6.14. The number of esters is 1. The summed E-state index contributed by atoms with van der Waals surface area (Å²) in [5, 5.41) is 8.87. The first-order chi connectivity index (χ1) is 11.5. The molecule has 1 atom stereocenters. The van der Waals surface area contributed by atoms with E-state index in [1.54, 1.807) is 4.90 Å². The lowest BCUT2D eigenvalue weighted by Gasteiger charge is -2.38. The minimum absolute atomic E-state index is 0.0966. The number of carbonyl (C=O) groups is 3. The first-order valence-electron chi connectivity index (χ1n) is 7.50. The number of ether oxygens (including phenoxy) is 2. The number of benzene rings is 1. The Morgan fingerprint density at radius 3 is 2.54 bits per heavy atom. The molecule has 0 spiro atoms. The number of aliphatic carboxylic acids is 1. The van der Waals surface area contributed by atoms with Crippen molar-refractivity contribution >= 4 is 18.0 Å². The summed E-state index contributed by atoms with van der Waals surface area (Å²) in [6, 6.07) is 8.31. The lowest BCUT2D eigenvalue weighted by Crippen LogP contribution is -2.59. The van der Waals surface area contributed by atoms with Crippen LogP contribution >= 0.6 is 0 Å². The first kappa shape index (κ1) is 17.7. The molecule has 1 unspecified atom stereocenters. The van der Waals surface area contributed by atoms with E-state index in [2.05, 4.69) is 0 Å². The number of rotatable bonds is 5. The minimum Gasteiger partial charge on any atom is -0.480 e. The summed E-state index contributed by atoms with van der Waals surface area (Å²) in [5.74, 6) is -1.58. The number of methoxy groups -OCH3 is 1. The van der Waals surface area contributed by atoms with Crippen molar-refractivity contribution in [3.05, 3.63) is 35.9 Å². The fourth-order valence-electron chi connectivity index (χ4n) is 2.53. The predicted octanol–water partition coefficient (Wildman–Crippen LogP) is 0.567. The van der Waals surface area contributed by atoms with E-state index < -0.39 is 24.1 Å². The highest BCUT2D eigenvalue weighted by Crippen LogP contribution is 2.14. The zero-order valence-corrected chi connectivity index (χ0v) is 13.4. The van der Waals surface area contributed by atoms with Gasteiger partial charge >= 0.3 is 18.0 Å². The highest BCUT2D eigenvalue weighted by molar-refractivity contribution is 5.82. The smallest absolute Gasteiger partial charge is 0.410 e. The molecular weight excluding hydrogens is 316 g/mol. The van der Waals surface area contributed by atoms with Crippen molar-refractivity contribution in [1.29, 1.82) is 0 Å². The summed E-state index contributed by atoms with van der Waals surface area (Å²) in [7, 11) is 1.23. The molecule has 1 aromatic rings. The molecule has 0 saturated carbocycles. The van der Waals surface area contributed by atoms with Gasteiger partial charge in [0.05, 0.1) is 13.7 Å². The standard InChI is InChI=1S/C16H20N2O6/c1-23-15(21)13-9-17(10-14(19)20)7-8-18(13)16(22)24-11-12-5-3-2-4-6-12/h2-6,13H,7-11H2,1H3,(H,19,20). The zero-order valence-electron chi connectivity index (χ0n) is 13.4. The maximum Gasteiger partial charge on any atom is 0.410 e. The Morgan fingerprint density at radius 2 is 1.92 bits per heavy atom. The van der Waals surface area contributed by atoms with Gasteiger partial charge < -0.3 is 14.6 Å². The number of hydrogen-bond acceptors (Lipinski definition) is 6. The molecule has 1 N–H and O–H groups in total. The lowest BCUT2D eigenvalue weighted by molar-refractivity contribution is -0.150. The summed E-state index contributed by atoms with van der Waals surface area (Å²) in [6.45, 7) is 0.545. The van der Waals surface area contributed by atoms with Gasteiger partial charge in [-0.3, -0.25) is 14.6 Å². The van der Waals surface area contributed by atoms with Crippen LogP contribution in [0.25, 0.3) is 0 Å². The Morgan fingerprint density at radius 1 is 1.21 bits per heavy atom. The van der Waals surface area contributed by atoms with Gasteiger partial charge in [0.2, 0.25) is 0 Å². The third-order valence-electron chi connectivity index (χ3n) is 3.74. The van der Waals surface area contributed by atoms with Gasteiger partial charge in [0.25, 0.3) is 0 Å². The number of carboxylic acid groups (broad SMARTS) is 1. The van der Waals surface area contributed by atoms with E-state index in [9.17, 15) is 14.4 Å². The highest BCUT2D eigenvalue weighted by atomic mass is 16.6. The third-order valence-corrected chi connectivity index (χ3v) is 3.74. The van der Waals surface area contributed by atoms with Crippen molar-refractivity contribution in [2.24, 2.45) is 0 Å². The van der Waals surface area contributed by atoms with Crippen molar-refractivity contribution in [2.45, 2.75) is 12.6 Å². The maximum absolute atomic E-state index is 12.3. The normalized spacial score (nSPS) is 18.0. The molecule has 8 nitrogen and oxygen atoms in total. The quantitative estimate of drug-likeness (QED) is 0.785. The molecule has 1 fully saturated rings. The topological polar surface area (TPSA) is 96.4 Å². The summed E-state index contributed by atoms with van der Waals surface area (Å²) in [4.78, 5) is 37.9. The molecule has 1 aliphatic heterocycles. The van der Waals surface area contributed by atoms with E-state index in [0.717, 1.165) is 5.56 Å². The van der Waals surface area contributed by atoms with Crippen molar-refractivity contribution < 1.29 is 29.0 Å². The first-order valence-corrected chi connectivity index (χ1v) is 7.50. The lowest BCUT2D eigenvalue weighted by atomic mass is 10.1. The second-order valence-electron chi connectivity index (χ2n) is 5.40. The molecule has 1 heterocycles. The monoisotopic (exact) mass is 336 g/mol. The SMILES string of the molecule is COC(=O)C1CN(CC(=O)O)CCN1C(=O)OCc1ccccc1. The van der Waals surface area contributed by atoms with Crippen LogP contribution in [0.15, 0.2) is 30.3 Å². The fraction of sp³-hybridized carbons (Fsp3) is 0.438. The maximum atomic E-state index is 12.3. The molecule has 1 aliphatic rings. The Hall–Kier alpha value is -2.61. The van der Waals surface area contributed by atoms with E-state index >= 15 is 0 Å². The zero-order chi connectivity index (χ0) is 17.5. The Balaban J connectivity index is 1.99. The van der Waals surface area contributed by atoms with Crippen molar-refractivity contribution in [1.82, 2.24) is 9.80 Å².